The van der Waals surface area contributed by atoms with E-state index in [4.69, 9.17) is 17.0 Å². The minimum atomic E-state index is 0.00362. The monoisotopic (exact) mass is 290 g/mol. The highest BCUT2D eigenvalue weighted by molar-refractivity contribution is 7.80. The molecule has 0 bridgehead atoms. The number of rotatable bonds is 5. The van der Waals surface area contributed by atoms with Gasteiger partial charge in [0, 0.05) is 11.6 Å². The Morgan fingerprint density at radius 2 is 2.05 bits per heavy atom. The minimum Gasteiger partial charge on any atom is -0.489 e. The Morgan fingerprint density at radius 1 is 1.40 bits per heavy atom. The molecule has 0 aliphatic heterocycles. The number of anilines is 1. The summed E-state index contributed by atoms with van der Waals surface area (Å²) in [5, 5.41) is 5.99. The molecule has 0 unspecified atom stereocenters. The van der Waals surface area contributed by atoms with Crippen LogP contribution in [0.2, 0.25) is 0 Å². The molecule has 0 radical (unpaired) electrons. The quantitative estimate of drug-likeness (QED) is 0.647. The Kier molecular flexibility index (Phi) is 4.74. The van der Waals surface area contributed by atoms with E-state index in [-0.39, 0.29) is 11.8 Å². The Labute approximate surface area is 124 Å². The van der Waals surface area contributed by atoms with Crippen LogP contribution in [-0.4, -0.2) is 17.6 Å². The van der Waals surface area contributed by atoms with Crippen molar-refractivity contribution < 1.29 is 9.53 Å². The molecular formula is C15H18N2O2S. The highest BCUT2D eigenvalue weighted by Crippen LogP contribution is 2.28. The molecule has 106 valence electrons. The summed E-state index contributed by atoms with van der Waals surface area (Å²) in [5.74, 6) is 0.920. The first-order valence-electron chi connectivity index (χ1n) is 6.53. The largest absolute Gasteiger partial charge is 0.489 e. The van der Waals surface area contributed by atoms with Crippen LogP contribution in [-0.2, 0) is 4.79 Å². The van der Waals surface area contributed by atoms with Gasteiger partial charge in [0.15, 0.2) is 5.11 Å². The maximum atomic E-state index is 11.5. The molecule has 0 spiro atoms. The molecule has 5 heteroatoms. The van der Waals surface area contributed by atoms with Crippen molar-refractivity contribution in [3.63, 3.8) is 0 Å². The summed E-state index contributed by atoms with van der Waals surface area (Å²) in [5.41, 5.74) is 1.78. The van der Waals surface area contributed by atoms with Crippen LogP contribution < -0.4 is 15.4 Å². The molecule has 1 saturated carbocycles. The second-order valence-electron chi connectivity index (χ2n) is 4.99. The predicted octanol–water partition coefficient (Wildman–Crippen LogP) is 2.86. The van der Waals surface area contributed by atoms with Crippen LogP contribution in [0.4, 0.5) is 5.69 Å². The SMILES string of the molecule is C=C(C)COc1ccc(NC(=S)NC(=O)C2CC2)cc1. The van der Waals surface area contributed by atoms with Crippen molar-refractivity contribution in [2.24, 2.45) is 5.92 Å². The lowest BCUT2D eigenvalue weighted by Crippen LogP contribution is -2.35. The minimum absolute atomic E-state index is 0.00362. The van der Waals surface area contributed by atoms with Gasteiger partial charge < -0.3 is 15.4 Å². The summed E-state index contributed by atoms with van der Waals surface area (Å²) < 4.78 is 5.50. The molecule has 1 aromatic rings. The molecule has 1 aromatic carbocycles. The third-order valence-electron chi connectivity index (χ3n) is 2.78. The Hall–Kier alpha value is -1.88. The summed E-state index contributed by atoms with van der Waals surface area (Å²) >= 11 is 5.09. The summed E-state index contributed by atoms with van der Waals surface area (Å²) in [6.07, 6.45) is 1.92. The fourth-order valence-electron chi connectivity index (χ4n) is 1.56. The molecule has 0 atom stereocenters. The first kappa shape index (κ1) is 14.5. The number of amides is 1. The van der Waals surface area contributed by atoms with Gasteiger partial charge in [-0.25, -0.2) is 0 Å². The fourth-order valence-corrected chi connectivity index (χ4v) is 1.78. The predicted molar refractivity (Wildman–Crippen MR) is 83.8 cm³/mol. The third kappa shape index (κ3) is 4.66. The third-order valence-corrected chi connectivity index (χ3v) is 2.99. The topological polar surface area (TPSA) is 50.4 Å². The van der Waals surface area contributed by atoms with Gasteiger partial charge in [-0.3, -0.25) is 4.79 Å². The van der Waals surface area contributed by atoms with Crippen LogP contribution in [0.5, 0.6) is 5.75 Å². The zero-order valence-corrected chi connectivity index (χ0v) is 12.3. The summed E-state index contributed by atoms with van der Waals surface area (Å²) in [4.78, 5) is 11.5. The molecule has 20 heavy (non-hydrogen) atoms. The molecule has 0 saturated heterocycles. The molecule has 0 heterocycles. The van der Waals surface area contributed by atoms with E-state index in [1.807, 2.05) is 31.2 Å². The second kappa shape index (κ2) is 6.52. The lowest BCUT2D eigenvalue weighted by atomic mass is 10.3. The van der Waals surface area contributed by atoms with Crippen molar-refractivity contribution >= 4 is 28.9 Å². The van der Waals surface area contributed by atoms with Crippen molar-refractivity contribution in [2.75, 3.05) is 11.9 Å². The van der Waals surface area contributed by atoms with E-state index in [9.17, 15) is 4.79 Å². The molecule has 2 rings (SSSR count). The smallest absolute Gasteiger partial charge is 0.229 e. The van der Waals surface area contributed by atoms with Gasteiger partial charge in [0.1, 0.15) is 12.4 Å². The normalized spacial score (nSPS) is 13.4. The maximum Gasteiger partial charge on any atom is 0.229 e. The molecular weight excluding hydrogens is 272 g/mol. The van der Waals surface area contributed by atoms with Crippen LogP contribution in [0, 0.1) is 5.92 Å². The van der Waals surface area contributed by atoms with Gasteiger partial charge in [-0.15, -0.1) is 0 Å². The first-order chi connectivity index (χ1) is 9.54. The van der Waals surface area contributed by atoms with Gasteiger partial charge in [-0.1, -0.05) is 6.58 Å². The van der Waals surface area contributed by atoms with Crippen molar-refractivity contribution in [3.8, 4) is 5.75 Å². The van der Waals surface area contributed by atoms with E-state index in [1.165, 1.54) is 0 Å². The number of carbonyl (C=O) groups is 1. The van der Waals surface area contributed by atoms with E-state index < -0.39 is 0 Å². The van der Waals surface area contributed by atoms with Crippen LogP contribution >= 0.6 is 12.2 Å². The highest BCUT2D eigenvalue weighted by Gasteiger charge is 2.29. The molecule has 1 aliphatic carbocycles. The Bertz CT molecular complexity index is 521. The lowest BCUT2D eigenvalue weighted by Gasteiger charge is -2.10. The molecule has 4 nitrogen and oxygen atoms in total. The van der Waals surface area contributed by atoms with Gasteiger partial charge in [-0.2, -0.15) is 0 Å². The average molecular weight is 290 g/mol. The van der Waals surface area contributed by atoms with E-state index in [2.05, 4.69) is 17.2 Å². The molecule has 0 aromatic heterocycles. The molecule has 1 amide bonds. The van der Waals surface area contributed by atoms with Crippen LogP contribution in [0.1, 0.15) is 19.8 Å². The van der Waals surface area contributed by atoms with Crippen LogP contribution in [0.3, 0.4) is 0 Å². The highest BCUT2D eigenvalue weighted by atomic mass is 32.1. The second-order valence-corrected chi connectivity index (χ2v) is 5.40. The van der Waals surface area contributed by atoms with Gasteiger partial charge in [-0.05, 0) is 61.8 Å². The van der Waals surface area contributed by atoms with Crippen molar-refractivity contribution in [2.45, 2.75) is 19.8 Å². The van der Waals surface area contributed by atoms with Crippen molar-refractivity contribution in [1.29, 1.82) is 0 Å². The summed E-state index contributed by atoms with van der Waals surface area (Å²) in [7, 11) is 0. The van der Waals surface area contributed by atoms with E-state index in [0.29, 0.717) is 11.7 Å². The Morgan fingerprint density at radius 3 is 2.60 bits per heavy atom. The summed E-state index contributed by atoms with van der Waals surface area (Å²) in [6.45, 7) is 6.20. The van der Waals surface area contributed by atoms with Crippen LogP contribution in [0.25, 0.3) is 0 Å². The van der Waals surface area contributed by atoms with Crippen LogP contribution in [0.15, 0.2) is 36.4 Å². The number of hydrogen-bond donors (Lipinski definition) is 2. The average Bonchev–Trinajstić information content (AvgIpc) is 3.22. The number of carbonyl (C=O) groups excluding carboxylic acids is 1. The van der Waals surface area contributed by atoms with Gasteiger partial charge >= 0.3 is 0 Å². The van der Waals surface area contributed by atoms with Gasteiger partial charge in [0.2, 0.25) is 5.91 Å². The number of ether oxygens (including phenoxy) is 1. The Balaban J connectivity index is 1.81. The number of thiocarbonyl (C=S) groups is 1. The lowest BCUT2D eigenvalue weighted by molar-refractivity contribution is -0.120. The first-order valence-corrected chi connectivity index (χ1v) is 6.94. The zero-order valence-electron chi connectivity index (χ0n) is 11.4. The van der Waals surface area contributed by atoms with E-state index in [0.717, 1.165) is 29.9 Å². The standard InChI is InChI=1S/C15H18N2O2S/c1-10(2)9-19-13-7-5-12(6-8-13)16-15(20)17-14(18)11-3-4-11/h5-8,11H,1,3-4,9H2,2H3,(H2,16,17,18,20). The number of nitrogens with one attached hydrogen (secondary N) is 2. The summed E-state index contributed by atoms with van der Waals surface area (Å²) in [6, 6.07) is 7.39. The van der Waals surface area contributed by atoms with Crippen molar-refractivity contribution in [1.82, 2.24) is 5.32 Å². The zero-order chi connectivity index (χ0) is 14.5. The number of hydrogen-bond acceptors (Lipinski definition) is 3. The number of benzene rings is 1. The van der Waals surface area contributed by atoms with E-state index >= 15 is 0 Å². The molecule has 1 aliphatic rings. The van der Waals surface area contributed by atoms with Gasteiger partial charge in [0.25, 0.3) is 0 Å². The molecule has 1 fully saturated rings. The molecule has 2 N–H and O–H groups in total. The van der Waals surface area contributed by atoms with E-state index in [1.54, 1.807) is 0 Å². The van der Waals surface area contributed by atoms with Gasteiger partial charge in [0.05, 0.1) is 0 Å². The van der Waals surface area contributed by atoms with Crippen molar-refractivity contribution in [3.05, 3.63) is 36.4 Å². The maximum absolute atomic E-state index is 11.5. The fraction of sp³-hybridized carbons (Fsp3) is 0.333.